The Morgan fingerprint density at radius 2 is 0.548 bits per heavy atom. The van der Waals surface area contributed by atoms with Crippen LogP contribution in [0.2, 0.25) is 0 Å². The highest BCUT2D eigenvalue weighted by Crippen LogP contribution is 2.55. The second kappa shape index (κ2) is 36.0. The van der Waals surface area contributed by atoms with Gasteiger partial charge in [-0.2, -0.15) is 0 Å². The van der Waals surface area contributed by atoms with Crippen molar-refractivity contribution in [3.05, 3.63) is 118 Å². The topological polar surface area (TPSA) is 6.48 Å². The molecule has 0 saturated carbocycles. The van der Waals surface area contributed by atoms with Crippen molar-refractivity contribution in [2.45, 2.75) is 252 Å². The molecule has 0 aromatic heterocycles. The predicted molar refractivity (Wildman–Crippen MR) is 330 cm³/mol. The quantitative estimate of drug-likeness (QED) is 0.0322. The van der Waals surface area contributed by atoms with E-state index in [2.05, 4.69) is 161 Å². The molecule has 5 rings (SSSR count). The smallest absolute Gasteiger partial charge is 0.0366 e. The molecular weight excluding hydrogens is 881 g/mol. The van der Waals surface area contributed by atoms with Crippen molar-refractivity contribution in [1.82, 2.24) is 0 Å². The Morgan fingerprint density at radius 3 is 0.863 bits per heavy atom. The third-order valence-corrected chi connectivity index (χ3v) is 16.4. The van der Waals surface area contributed by atoms with Crippen LogP contribution in [0.15, 0.2) is 84.9 Å². The van der Waals surface area contributed by atoms with E-state index in [1.165, 1.54) is 276 Å². The van der Waals surface area contributed by atoms with Crippen molar-refractivity contribution in [3.8, 4) is 11.1 Å². The first-order valence-corrected chi connectivity index (χ1v) is 31.4. The van der Waals surface area contributed by atoms with Gasteiger partial charge >= 0.3 is 0 Å². The highest BCUT2D eigenvalue weighted by Gasteiger charge is 2.42. The Kier molecular flexibility index (Phi) is 29.5. The van der Waals surface area contributed by atoms with Crippen LogP contribution in [0.25, 0.3) is 35.4 Å². The normalized spacial score (nSPS) is 12.8. The Hall–Kier alpha value is -4.04. The van der Waals surface area contributed by atoms with Crippen molar-refractivity contribution < 1.29 is 0 Å². The SMILES string of the molecule is CCCCCCCCCC1(CCCCCCCCC)c2cc(/C=C/c3ccc(N(CCCCCC)CCCCCC)cc3)ccc2-c2ccc(/C=C/c3ccc(N(CCCCCC)CCCCCC)cc3)cc21. The second-order valence-corrected chi connectivity index (χ2v) is 22.5. The molecule has 0 bridgehead atoms. The van der Waals surface area contributed by atoms with Crippen LogP contribution in [0.4, 0.5) is 11.4 Å². The van der Waals surface area contributed by atoms with Gasteiger partial charge in [-0.3, -0.25) is 0 Å². The first kappa shape index (κ1) is 59.8. The van der Waals surface area contributed by atoms with Crippen LogP contribution in [-0.2, 0) is 5.41 Å². The van der Waals surface area contributed by atoms with Crippen molar-refractivity contribution in [2.24, 2.45) is 0 Å². The lowest BCUT2D eigenvalue weighted by Crippen LogP contribution is -2.25. The molecule has 0 amide bonds. The zero-order valence-electron chi connectivity index (χ0n) is 48.2. The molecule has 0 N–H and O–H groups in total. The first-order chi connectivity index (χ1) is 36.0. The summed E-state index contributed by atoms with van der Waals surface area (Å²) >= 11 is 0. The van der Waals surface area contributed by atoms with Gasteiger partial charge < -0.3 is 9.80 Å². The van der Waals surface area contributed by atoms with Crippen molar-refractivity contribution in [2.75, 3.05) is 36.0 Å². The van der Waals surface area contributed by atoms with Crippen LogP contribution in [0.3, 0.4) is 0 Å². The summed E-state index contributed by atoms with van der Waals surface area (Å²) in [4.78, 5) is 5.32. The molecule has 0 saturated heterocycles. The van der Waals surface area contributed by atoms with Gasteiger partial charge in [0.25, 0.3) is 0 Å². The van der Waals surface area contributed by atoms with Crippen molar-refractivity contribution in [3.63, 3.8) is 0 Å². The number of unbranched alkanes of at least 4 members (excludes halogenated alkanes) is 24. The summed E-state index contributed by atoms with van der Waals surface area (Å²) in [5.41, 5.74) is 14.2. The number of fused-ring (bicyclic) bond motifs is 3. The van der Waals surface area contributed by atoms with Crippen LogP contribution in [0, 0.1) is 0 Å². The molecule has 73 heavy (non-hydrogen) atoms. The summed E-state index contributed by atoms with van der Waals surface area (Å²) in [5, 5.41) is 0. The van der Waals surface area contributed by atoms with Gasteiger partial charge in [-0.05, 0) is 107 Å². The molecule has 0 atom stereocenters. The van der Waals surface area contributed by atoms with Crippen LogP contribution >= 0.6 is 0 Å². The fourth-order valence-corrected chi connectivity index (χ4v) is 11.8. The molecule has 0 spiro atoms. The number of benzene rings is 4. The molecule has 2 nitrogen and oxygen atoms in total. The molecule has 2 heteroatoms. The van der Waals surface area contributed by atoms with Crippen LogP contribution in [-0.4, -0.2) is 26.2 Å². The summed E-state index contributed by atoms with van der Waals surface area (Å²) in [6.45, 7) is 18.6. The van der Waals surface area contributed by atoms with Gasteiger partial charge in [0.1, 0.15) is 0 Å². The molecule has 0 heterocycles. The minimum absolute atomic E-state index is 0.0317. The molecule has 1 aliphatic rings. The number of hydrogen-bond donors (Lipinski definition) is 0. The van der Waals surface area contributed by atoms with Crippen molar-refractivity contribution in [1.29, 1.82) is 0 Å². The van der Waals surface area contributed by atoms with E-state index < -0.39 is 0 Å². The Morgan fingerprint density at radius 1 is 0.288 bits per heavy atom. The van der Waals surface area contributed by atoms with Crippen LogP contribution in [0.1, 0.15) is 280 Å². The Labute approximate surface area is 451 Å². The summed E-state index contributed by atoms with van der Waals surface area (Å²) in [6.07, 6.45) is 51.9. The fraction of sp³-hybridized carbons (Fsp3) is 0.606. The maximum atomic E-state index is 2.66. The molecule has 1 aliphatic carbocycles. The lowest BCUT2D eigenvalue weighted by atomic mass is 9.70. The molecule has 0 aliphatic heterocycles. The van der Waals surface area contributed by atoms with E-state index in [4.69, 9.17) is 0 Å². The largest absolute Gasteiger partial charge is 0.372 e. The van der Waals surface area contributed by atoms with E-state index in [1.807, 2.05) is 0 Å². The van der Waals surface area contributed by atoms with Crippen LogP contribution < -0.4 is 9.80 Å². The summed E-state index contributed by atoms with van der Waals surface area (Å²) in [5.74, 6) is 0. The maximum Gasteiger partial charge on any atom is 0.0366 e. The fourth-order valence-electron chi connectivity index (χ4n) is 11.8. The molecule has 4 aromatic carbocycles. The van der Waals surface area contributed by atoms with Gasteiger partial charge in [-0.25, -0.2) is 0 Å². The van der Waals surface area contributed by atoms with Gasteiger partial charge in [0.15, 0.2) is 0 Å². The van der Waals surface area contributed by atoms with E-state index in [-0.39, 0.29) is 5.41 Å². The van der Waals surface area contributed by atoms with E-state index >= 15 is 0 Å². The van der Waals surface area contributed by atoms with Gasteiger partial charge in [0, 0.05) is 43.0 Å². The summed E-state index contributed by atoms with van der Waals surface area (Å²) < 4.78 is 0. The molecule has 0 fully saturated rings. The molecule has 0 unspecified atom stereocenters. The first-order valence-electron chi connectivity index (χ1n) is 31.4. The highest BCUT2D eigenvalue weighted by molar-refractivity contribution is 5.85. The number of rotatable bonds is 42. The van der Waals surface area contributed by atoms with Crippen LogP contribution in [0.5, 0.6) is 0 Å². The highest BCUT2D eigenvalue weighted by atomic mass is 15.1. The number of hydrogen-bond acceptors (Lipinski definition) is 2. The minimum Gasteiger partial charge on any atom is -0.372 e. The molecule has 0 radical (unpaired) electrons. The van der Waals surface area contributed by atoms with Gasteiger partial charge in [-0.1, -0.05) is 293 Å². The van der Waals surface area contributed by atoms with E-state index in [0.717, 1.165) is 0 Å². The van der Waals surface area contributed by atoms with E-state index in [0.29, 0.717) is 0 Å². The van der Waals surface area contributed by atoms with E-state index in [1.54, 1.807) is 11.1 Å². The molecule has 402 valence electrons. The number of anilines is 2. The van der Waals surface area contributed by atoms with Crippen molar-refractivity contribution >= 4 is 35.7 Å². The molecule has 4 aromatic rings. The minimum atomic E-state index is 0.0317. The van der Waals surface area contributed by atoms with E-state index in [9.17, 15) is 0 Å². The van der Waals surface area contributed by atoms with Gasteiger partial charge in [0.2, 0.25) is 0 Å². The van der Waals surface area contributed by atoms with Gasteiger partial charge in [0.05, 0.1) is 0 Å². The summed E-state index contributed by atoms with van der Waals surface area (Å²) in [6, 6.07) is 34.0. The Bertz CT molecular complexity index is 1910. The third-order valence-electron chi connectivity index (χ3n) is 16.4. The zero-order chi connectivity index (χ0) is 51.6. The standard InChI is InChI=1S/C71H108N2/c1-7-13-19-25-27-29-31-53-71(54-32-30-28-26-20-14-8-2)69-59-63(39-37-61-41-47-65(48-42-61)72(55-33-21-15-9-3)56-34-22-16-10-4)45-51-67(69)68-52-46-64(60-70(68)71)40-38-62-43-49-66(50-44-62)73(57-35-23-17-11-5)58-36-24-18-12-6/h37-52,59-60H,7-36,53-58H2,1-6H3/b39-37+,40-38+. The Balaban J connectivity index is 1.43. The predicted octanol–water partition coefficient (Wildman–Crippen LogP) is 22.5. The average Bonchev–Trinajstić information content (AvgIpc) is 3.68. The maximum absolute atomic E-state index is 2.66. The number of nitrogens with zero attached hydrogens (tertiary/aromatic N) is 2. The lowest BCUT2D eigenvalue weighted by Gasteiger charge is -2.33. The molecular formula is C71H108N2. The monoisotopic (exact) mass is 989 g/mol. The third kappa shape index (κ3) is 20.5. The second-order valence-electron chi connectivity index (χ2n) is 22.5. The lowest BCUT2D eigenvalue weighted by molar-refractivity contribution is 0.397. The average molecular weight is 990 g/mol. The summed E-state index contributed by atoms with van der Waals surface area (Å²) in [7, 11) is 0. The zero-order valence-corrected chi connectivity index (χ0v) is 48.2. The van der Waals surface area contributed by atoms with Gasteiger partial charge in [-0.15, -0.1) is 0 Å².